The summed E-state index contributed by atoms with van der Waals surface area (Å²) in [7, 11) is 0. The smallest absolute Gasteiger partial charge is 0.132 e. The first-order chi connectivity index (χ1) is 5.34. The molecule has 0 spiro atoms. The van der Waals surface area contributed by atoms with Gasteiger partial charge in [-0.2, -0.15) is 0 Å². The zero-order valence-corrected chi connectivity index (χ0v) is 8.80. The number of halogens is 2. The van der Waals surface area contributed by atoms with Gasteiger partial charge in [0.1, 0.15) is 12.4 Å². The lowest BCUT2D eigenvalue weighted by Gasteiger charge is -2.04. The average Bonchev–Trinajstić information content (AvgIpc) is 2.03. The van der Waals surface area contributed by atoms with Gasteiger partial charge in [0.15, 0.2) is 0 Å². The van der Waals surface area contributed by atoms with Crippen LogP contribution in [0.25, 0.3) is 0 Å². The second kappa shape index (κ2) is 4.83. The number of benzene rings is 1. The van der Waals surface area contributed by atoms with E-state index in [4.69, 9.17) is 16.3 Å². The van der Waals surface area contributed by atoms with Crippen molar-refractivity contribution in [1.29, 1.82) is 0 Å². The van der Waals surface area contributed by atoms with Gasteiger partial charge in [-0.05, 0) is 34.7 Å². The molecule has 0 amide bonds. The Kier molecular flexibility index (Phi) is 4.01. The molecule has 11 heavy (non-hydrogen) atoms. The van der Waals surface area contributed by atoms with Gasteiger partial charge in [-0.1, -0.05) is 12.1 Å². The van der Waals surface area contributed by atoms with Gasteiger partial charge in [-0.3, -0.25) is 0 Å². The van der Waals surface area contributed by atoms with Crippen LogP contribution in [0.4, 0.5) is 0 Å². The summed E-state index contributed by atoms with van der Waals surface area (Å²) in [5.41, 5.74) is 0. The van der Waals surface area contributed by atoms with Gasteiger partial charge >= 0.3 is 0 Å². The predicted octanol–water partition coefficient (Wildman–Crippen LogP) is 2.91. The molecule has 0 aliphatic rings. The summed E-state index contributed by atoms with van der Waals surface area (Å²) in [5, 5.41) is 0. The summed E-state index contributed by atoms with van der Waals surface area (Å²) >= 11 is 7.71. The fourth-order valence-electron chi connectivity index (χ4n) is 0.710. The third-order valence-electron chi connectivity index (χ3n) is 1.17. The van der Waals surface area contributed by atoms with E-state index in [-0.39, 0.29) is 0 Å². The van der Waals surface area contributed by atoms with Crippen LogP contribution >= 0.6 is 34.2 Å². The van der Waals surface area contributed by atoms with Crippen molar-refractivity contribution in [2.45, 2.75) is 0 Å². The van der Waals surface area contributed by atoms with E-state index in [9.17, 15) is 0 Å². The SMILES string of the molecule is ClCCOc1ccccc1I. The summed E-state index contributed by atoms with van der Waals surface area (Å²) in [6.45, 7) is 0.571. The minimum absolute atomic E-state index is 0.533. The Hall–Kier alpha value is 0.0400. The number of hydrogen-bond acceptors (Lipinski definition) is 1. The van der Waals surface area contributed by atoms with Crippen molar-refractivity contribution in [3.8, 4) is 5.75 Å². The van der Waals surface area contributed by atoms with Gasteiger partial charge in [-0.25, -0.2) is 0 Å². The molecule has 60 valence electrons. The fraction of sp³-hybridized carbons (Fsp3) is 0.250. The van der Waals surface area contributed by atoms with Crippen LogP contribution in [0, 0.1) is 3.57 Å². The lowest BCUT2D eigenvalue weighted by atomic mass is 10.3. The number of hydrogen-bond donors (Lipinski definition) is 0. The number of rotatable bonds is 3. The van der Waals surface area contributed by atoms with Crippen LogP contribution in [0.2, 0.25) is 0 Å². The molecular weight excluding hydrogens is 274 g/mol. The van der Waals surface area contributed by atoms with Crippen molar-refractivity contribution in [3.63, 3.8) is 0 Å². The average molecular weight is 283 g/mol. The highest BCUT2D eigenvalue weighted by Crippen LogP contribution is 2.19. The summed E-state index contributed by atoms with van der Waals surface area (Å²) in [5.74, 6) is 1.44. The monoisotopic (exact) mass is 282 g/mol. The highest BCUT2D eigenvalue weighted by molar-refractivity contribution is 14.1. The first-order valence-electron chi connectivity index (χ1n) is 3.28. The standard InChI is InChI=1S/C8H8ClIO/c9-5-6-11-8-4-2-1-3-7(8)10/h1-4H,5-6H2. The Morgan fingerprint density at radius 3 is 2.73 bits per heavy atom. The van der Waals surface area contributed by atoms with Crippen LogP contribution in [0.3, 0.4) is 0 Å². The van der Waals surface area contributed by atoms with Gasteiger partial charge in [-0.15, -0.1) is 11.6 Å². The Labute approximate surface area is 84.8 Å². The molecule has 0 N–H and O–H groups in total. The van der Waals surface area contributed by atoms with Crippen LogP contribution in [0.15, 0.2) is 24.3 Å². The van der Waals surface area contributed by atoms with Gasteiger partial charge in [0, 0.05) is 0 Å². The van der Waals surface area contributed by atoms with E-state index < -0.39 is 0 Å². The van der Waals surface area contributed by atoms with Crippen molar-refractivity contribution < 1.29 is 4.74 Å². The molecule has 1 rings (SSSR count). The molecule has 0 unspecified atom stereocenters. The third kappa shape index (κ3) is 2.87. The lowest BCUT2D eigenvalue weighted by molar-refractivity contribution is 0.340. The molecule has 0 heterocycles. The molecule has 0 saturated carbocycles. The lowest BCUT2D eigenvalue weighted by Crippen LogP contribution is -1.98. The van der Waals surface area contributed by atoms with Gasteiger partial charge in [0.2, 0.25) is 0 Å². The van der Waals surface area contributed by atoms with E-state index in [1.807, 2.05) is 24.3 Å². The summed E-state index contributed by atoms with van der Waals surface area (Å²) in [4.78, 5) is 0. The molecule has 3 heteroatoms. The molecule has 1 nitrogen and oxygen atoms in total. The Bertz CT molecular complexity index is 227. The molecule has 0 aliphatic carbocycles. The molecule has 0 atom stereocenters. The van der Waals surface area contributed by atoms with Crippen molar-refractivity contribution in [3.05, 3.63) is 27.8 Å². The van der Waals surface area contributed by atoms with Crippen LogP contribution in [-0.2, 0) is 0 Å². The Morgan fingerprint density at radius 1 is 1.36 bits per heavy atom. The molecule has 0 radical (unpaired) electrons. The molecule has 1 aromatic carbocycles. The second-order valence-electron chi connectivity index (χ2n) is 1.97. The van der Waals surface area contributed by atoms with Crippen molar-refractivity contribution in [2.75, 3.05) is 12.5 Å². The van der Waals surface area contributed by atoms with E-state index in [0.29, 0.717) is 12.5 Å². The first kappa shape index (κ1) is 9.13. The highest BCUT2D eigenvalue weighted by atomic mass is 127. The van der Waals surface area contributed by atoms with E-state index in [0.717, 1.165) is 9.32 Å². The van der Waals surface area contributed by atoms with Gasteiger partial charge < -0.3 is 4.74 Å². The maximum Gasteiger partial charge on any atom is 0.132 e. The summed E-state index contributed by atoms with van der Waals surface area (Å²) in [6.07, 6.45) is 0. The maximum atomic E-state index is 5.48. The van der Waals surface area contributed by atoms with Gasteiger partial charge in [0.25, 0.3) is 0 Å². The summed E-state index contributed by atoms with van der Waals surface area (Å²) in [6, 6.07) is 7.87. The van der Waals surface area contributed by atoms with Crippen molar-refractivity contribution >= 4 is 34.2 Å². The van der Waals surface area contributed by atoms with E-state index >= 15 is 0 Å². The zero-order chi connectivity index (χ0) is 8.10. The topological polar surface area (TPSA) is 9.23 Å². The van der Waals surface area contributed by atoms with E-state index in [1.54, 1.807) is 0 Å². The van der Waals surface area contributed by atoms with Crippen LogP contribution < -0.4 is 4.74 Å². The second-order valence-corrected chi connectivity index (χ2v) is 3.51. The minimum atomic E-state index is 0.533. The normalized spacial score (nSPS) is 9.64. The van der Waals surface area contributed by atoms with Crippen LogP contribution in [0.5, 0.6) is 5.75 Å². The number of alkyl halides is 1. The molecule has 1 aromatic rings. The van der Waals surface area contributed by atoms with E-state index in [2.05, 4.69) is 22.6 Å². The number of para-hydroxylation sites is 1. The van der Waals surface area contributed by atoms with E-state index in [1.165, 1.54) is 0 Å². The quantitative estimate of drug-likeness (QED) is 0.612. The van der Waals surface area contributed by atoms with Crippen LogP contribution in [0.1, 0.15) is 0 Å². The third-order valence-corrected chi connectivity index (χ3v) is 2.22. The van der Waals surface area contributed by atoms with Gasteiger partial charge in [0.05, 0.1) is 9.45 Å². The van der Waals surface area contributed by atoms with Crippen molar-refractivity contribution in [2.24, 2.45) is 0 Å². The molecule has 0 saturated heterocycles. The molecule has 0 fully saturated rings. The Balaban J connectivity index is 2.62. The molecule has 0 aliphatic heterocycles. The van der Waals surface area contributed by atoms with Crippen molar-refractivity contribution in [1.82, 2.24) is 0 Å². The summed E-state index contributed by atoms with van der Waals surface area (Å²) < 4.78 is 6.47. The highest BCUT2D eigenvalue weighted by Gasteiger charge is 1.96. The fourth-order valence-corrected chi connectivity index (χ4v) is 1.33. The minimum Gasteiger partial charge on any atom is -0.491 e. The number of ether oxygens (including phenoxy) is 1. The molecule has 0 aromatic heterocycles. The van der Waals surface area contributed by atoms with Crippen LogP contribution in [-0.4, -0.2) is 12.5 Å². The predicted molar refractivity (Wildman–Crippen MR) is 55.4 cm³/mol. The zero-order valence-electron chi connectivity index (χ0n) is 5.89. The molecule has 0 bridgehead atoms. The first-order valence-corrected chi connectivity index (χ1v) is 4.89. The Morgan fingerprint density at radius 2 is 2.09 bits per heavy atom. The maximum absolute atomic E-state index is 5.48. The molecular formula is C8H8ClIO. The largest absolute Gasteiger partial charge is 0.491 e.